The first-order valence-corrected chi connectivity index (χ1v) is 15.9. The van der Waals surface area contributed by atoms with E-state index in [4.69, 9.17) is 21.3 Å². The van der Waals surface area contributed by atoms with Crippen molar-refractivity contribution in [1.82, 2.24) is 19.3 Å². The monoisotopic (exact) mass is 602 g/mol. The summed E-state index contributed by atoms with van der Waals surface area (Å²) in [5.74, 6) is -0.274. The van der Waals surface area contributed by atoms with Crippen molar-refractivity contribution in [2.24, 2.45) is 12.5 Å². The van der Waals surface area contributed by atoms with Crippen molar-refractivity contribution in [3.05, 3.63) is 56.6 Å². The Kier molecular flexibility index (Phi) is 8.01. The van der Waals surface area contributed by atoms with E-state index in [2.05, 4.69) is 15.2 Å². The summed E-state index contributed by atoms with van der Waals surface area (Å²) in [6.45, 7) is 7.04. The third-order valence-corrected chi connectivity index (χ3v) is 8.95. The van der Waals surface area contributed by atoms with Crippen LogP contribution in [-0.2, 0) is 21.8 Å². The van der Waals surface area contributed by atoms with Gasteiger partial charge in [-0.15, -0.1) is 0 Å². The molecule has 2 aliphatic rings. The molecule has 0 radical (unpaired) electrons. The summed E-state index contributed by atoms with van der Waals surface area (Å²) in [5, 5.41) is 3.81. The third kappa shape index (κ3) is 6.19. The van der Waals surface area contributed by atoms with Gasteiger partial charge < -0.3 is 15.0 Å². The van der Waals surface area contributed by atoms with Crippen LogP contribution in [0.25, 0.3) is 10.9 Å². The highest BCUT2D eigenvalue weighted by Gasteiger charge is 2.37. The van der Waals surface area contributed by atoms with Crippen LogP contribution in [-0.4, -0.2) is 61.4 Å². The first-order chi connectivity index (χ1) is 19.4. The predicted molar refractivity (Wildman–Crippen MR) is 159 cm³/mol. The molecule has 13 heteroatoms. The number of hydrogen-bond acceptors (Lipinski definition) is 9. The standard InChI is InChI=1S/C28H35ClN6O5S/c1-17-15-19(18(2)30-21-5-6-22(29)31-24(21)25(36)33-41(4,38)39)23-20(16-17)26(37)34(3)27(32-23)35-11-7-28(8-12-35)9-13-40-14-10-28/h5-6,15-16,18,30H,7-14H2,1-4H3,(H,33,36)/t18-/m1/s1. The first kappa shape index (κ1) is 29.3. The van der Waals surface area contributed by atoms with Crippen LogP contribution in [0.15, 0.2) is 29.1 Å². The summed E-state index contributed by atoms with van der Waals surface area (Å²) in [6, 6.07) is 6.45. The molecule has 41 heavy (non-hydrogen) atoms. The molecular weight excluding hydrogens is 568 g/mol. The summed E-state index contributed by atoms with van der Waals surface area (Å²) >= 11 is 6.03. The number of aryl methyl sites for hydroxylation is 1. The molecule has 0 unspecified atom stereocenters. The molecule has 0 saturated carbocycles. The maximum absolute atomic E-state index is 13.6. The van der Waals surface area contributed by atoms with Crippen LogP contribution < -0.4 is 20.5 Å². The third-order valence-electron chi connectivity index (χ3n) is 8.18. The number of pyridine rings is 1. The normalized spacial score (nSPS) is 17.9. The van der Waals surface area contributed by atoms with E-state index in [1.54, 1.807) is 17.7 Å². The maximum Gasteiger partial charge on any atom is 0.285 e. The summed E-state index contributed by atoms with van der Waals surface area (Å²) < 4.78 is 32.5. The lowest BCUT2D eigenvalue weighted by Gasteiger charge is -2.44. The molecule has 2 N–H and O–H groups in total. The highest BCUT2D eigenvalue weighted by atomic mass is 35.5. The van der Waals surface area contributed by atoms with Gasteiger partial charge >= 0.3 is 0 Å². The molecule has 220 valence electrons. The second-order valence-electron chi connectivity index (χ2n) is 11.2. The Morgan fingerprint density at radius 1 is 1.12 bits per heavy atom. The minimum Gasteiger partial charge on any atom is -0.381 e. The minimum absolute atomic E-state index is 0.0433. The van der Waals surface area contributed by atoms with Gasteiger partial charge in [-0.1, -0.05) is 17.7 Å². The lowest BCUT2D eigenvalue weighted by molar-refractivity contribution is 0.00193. The zero-order valence-corrected chi connectivity index (χ0v) is 25.2. The van der Waals surface area contributed by atoms with Gasteiger partial charge in [0.25, 0.3) is 11.5 Å². The maximum atomic E-state index is 13.6. The fourth-order valence-electron chi connectivity index (χ4n) is 5.89. The molecule has 2 aliphatic heterocycles. The highest BCUT2D eigenvalue weighted by Crippen LogP contribution is 2.41. The molecule has 2 saturated heterocycles. The van der Waals surface area contributed by atoms with E-state index >= 15 is 0 Å². The number of carbonyl (C=O) groups is 1. The number of hydrogen-bond donors (Lipinski definition) is 2. The molecular formula is C28H35ClN6O5S. The largest absolute Gasteiger partial charge is 0.381 e. The van der Waals surface area contributed by atoms with E-state index in [9.17, 15) is 18.0 Å². The number of rotatable bonds is 6. The Labute approximate surface area is 244 Å². The highest BCUT2D eigenvalue weighted by molar-refractivity contribution is 7.89. The van der Waals surface area contributed by atoms with Crippen LogP contribution in [0.2, 0.25) is 5.15 Å². The lowest BCUT2D eigenvalue weighted by atomic mass is 9.72. The lowest BCUT2D eigenvalue weighted by Crippen LogP contribution is -2.44. The van der Waals surface area contributed by atoms with Gasteiger partial charge in [-0.05, 0) is 68.7 Å². The van der Waals surface area contributed by atoms with Crippen molar-refractivity contribution in [3.8, 4) is 0 Å². The van der Waals surface area contributed by atoms with Crippen molar-refractivity contribution in [1.29, 1.82) is 0 Å². The van der Waals surface area contributed by atoms with Crippen LogP contribution >= 0.6 is 11.6 Å². The van der Waals surface area contributed by atoms with E-state index in [-0.39, 0.29) is 16.4 Å². The summed E-state index contributed by atoms with van der Waals surface area (Å²) in [7, 11) is -2.06. The average molecular weight is 603 g/mol. The molecule has 1 atom stereocenters. The molecule has 0 aliphatic carbocycles. The van der Waals surface area contributed by atoms with E-state index in [1.807, 2.05) is 30.7 Å². The van der Waals surface area contributed by atoms with E-state index < -0.39 is 22.0 Å². The smallest absolute Gasteiger partial charge is 0.285 e. The molecule has 11 nitrogen and oxygen atoms in total. The number of ether oxygens (including phenoxy) is 1. The number of benzene rings is 1. The Balaban J connectivity index is 1.50. The van der Waals surface area contributed by atoms with Crippen LogP contribution in [0.1, 0.15) is 60.3 Å². The Hall–Kier alpha value is -3.22. The topological polar surface area (TPSA) is 136 Å². The molecule has 1 spiro atoms. The minimum atomic E-state index is -3.82. The summed E-state index contributed by atoms with van der Waals surface area (Å²) in [4.78, 5) is 37.6. The molecule has 0 bridgehead atoms. The molecule has 4 heterocycles. The number of fused-ring (bicyclic) bond motifs is 1. The van der Waals surface area contributed by atoms with Gasteiger partial charge in [0.1, 0.15) is 5.15 Å². The number of aromatic nitrogens is 3. The number of anilines is 2. The molecule has 3 aromatic rings. The molecule has 1 amide bonds. The van der Waals surface area contributed by atoms with Crippen LogP contribution in [0, 0.1) is 12.3 Å². The quantitative estimate of drug-likeness (QED) is 0.406. The molecule has 2 aromatic heterocycles. The summed E-state index contributed by atoms with van der Waals surface area (Å²) in [6.07, 6.45) is 5.10. The van der Waals surface area contributed by atoms with Crippen molar-refractivity contribution in [2.45, 2.75) is 45.6 Å². The van der Waals surface area contributed by atoms with Gasteiger partial charge in [-0.2, -0.15) is 0 Å². The number of piperidine rings is 1. The van der Waals surface area contributed by atoms with Crippen LogP contribution in [0.3, 0.4) is 0 Å². The van der Waals surface area contributed by atoms with Gasteiger partial charge in [0.2, 0.25) is 16.0 Å². The second kappa shape index (κ2) is 11.2. The predicted octanol–water partition coefficient (Wildman–Crippen LogP) is 3.55. The van der Waals surface area contributed by atoms with Gasteiger partial charge in [-0.3, -0.25) is 14.2 Å². The number of halogens is 1. The van der Waals surface area contributed by atoms with Gasteiger partial charge in [0.05, 0.1) is 28.9 Å². The number of carbonyl (C=O) groups excluding carboxylic acids is 1. The second-order valence-corrected chi connectivity index (χ2v) is 13.4. The Morgan fingerprint density at radius 2 is 1.80 bits per heavy atom. The van der Waals surface area contributed by atoms with Crippen molar-refractivity contribution in [2.75, 3.05) is 42.8 Å². The Morgan fingerprint density at radius 3 is 2.46 bits per heavy atom. The SMILES string of the molecule is Cc1cc([C@@H](C)Nc2ccc(Cl)nc2C(=O)NS(C)(=O)=O)c2nc(N3CCC4(CCOCC4)CC3)n(C)c(=O)c2c1. The Bertz CT molecular complexity index is 1660. The van der Waals surface area contributed by atoms with Gasteiger partial charge in [0.15, 0.2) is 5.69 Å². The zero-order chi connectivity index (χ0) is 29.5. The van der Waals surface area contributed by atoms with Crippen molar-refractivity contribution >= 4 is 50.1 Å². The van der Waals surface area contributed by atoms with Gasteiger partial charge in [0, 0.05) is 38.9 Å². The zero-order valence-electron chi connectivity index (χ0n) is 23.7. The number of sulfonamides is 1. The van der Waals surface area contributed by atoms with Gasteiger partial charge in [-0.25, -0.2) is 23.1 Å². The number of amides is 1. The fraction of sp³-hybridized carbons (Fsp3) is 0.500. The average Bonchev–Trinajstić information content (AvgIpc) is 2.91. The number of nitrogens with zero attached hydrogens (tertiary/aromatic N) is 4. The van der Waals surface area contributed by atoms with E-state index in [0.717, 1.165) is 69.4 Å². The van der Waals surface area contributed by atoms with Crippen LogP contribution in [0.4, 0.5) is 11.6 Å². The van der Waals surface area contributed by atoms with E-state index in [1.165, 1.54) is 6.07 Å². The molecule has 5 rings (SSSR count). The van der Waals surface area contributed by atoms with Crippen LogP contribution in [0.5, 0.6) is 0 Å². The first-order valence-electron chi connectivity index (χ1n) is 13.6. The summed E-state index contributed by atoms with van der Waals surface area (Å²) in [5.41, 5.74) is 2.53. The van der Waals surface area contributed by atoms with E-state index in [0.29, 0.717) is 28.0 Å². The molecule has 1 aromatic carbocycles. The van der Waals surface area contributed by atoms with Crippen molar-refractivity contribution in [3.63, 3.8) is 0 Å². The number of nitrogens with one attached hydrogen (secondary N) is 2. The fourth-order valence-corrected chi connectivity index (χ4v) is 6.47. The van der Waals surface area contributed by atoms with Crippen molar-refractivity contribution < 1.29 is 17.9 Å². The molecule has 2 fully saturated rings.